The van der Waals surface area contributed by atoms with Gasteiger partial charge in [-0.1, -0.05) is 41.4 Å². The number of hydrogen-bond acceptors (Lipinski definition) is 6. The second-order valence-electron chi connectivity index (χ2n) is 9.29. The lowest BCUT2D eigenvalue weighted by Gasteiger charge is -2.35. The topological polar surface area (TPSA) is 97.4 Å². The van der Waals surface area contributed by atoms with E-state index < -0.39 is 11.2 Å². The molecule has 1 N–H and O–H groups in total. The zero-order chi connectivity index (χ0) is 27.0. The minimum Gasteiger partial charge on any atom is -0.340 e. The third kappa shape index (κ3) is 5.07. The standard InChI is InChI=1S/C26H27Cl2N7O3/c1-31-23-22(24(37)32(2)26(31)38)35(15-17-5-3-4-6-20(17)28)25(30-23)34-13-11-33(12-14-34)16-21(36)29-19-9-7-18(27)8-10-19/h3-10H,11-16H2,1-2H3,(H,29,36). The molecule has 1 aliphatic rings. The maximum Gasteiger partial charge on any atom is 0.332 e. The minimum atomic E-state index is -0.437. The van der Waals surface area contributed by atoms with Crippen LogP contribution in [0, 0.1) is 0 Å². The molecule has 0 saturated carbocycles. The summed E-state index contributed by atoms with van der Waals surface area (Å²) in [7, 11) is 3.07. The highest BCUT2D eigenvalue weighted by Gasteiger charge is 2.26. The molecular weight excluding hydrogens is 529 g/mol. The molecule has 1 aliphatic heterocycles. The van der Waals surface area contributed by atoms with Crippen molar-refractivity contribution in [3.63, 3.8) is 0 Å². The Labute approximate surface area is 228 Å². The van der Waals surface area contributed by atoms with Gasteiger partial charge in [-0.25, -0.2) is 4.79 Å². The number of fused-ring (bicyclic) bond motifs is 1. The number of nitrogens with zero attached hydrogens (tertiary/aromatic N) is 6. The lowest BCUT2D eigenvalue weighted by atomic mass is 10.2. The molecule has 0 radical (unpaired) electrons. The van der Waals surface area contributed by atoms with E-state index in [0.29, 0.717) is 65.6 Å². The van der Waals surface area contributed by atoms with E-state index in [2.05, 4.69) is 15.1 Å². The van der Waals surface area contributed by atoms with E-state index in [0.717, 1.165) is 10.1 Å². The monoisotopic (exact) mass is 555 g/mol. The van der Waals surface area contributed by atoms with Gasteiger partial charge >= 0.3 is 5.69 Å². The molecule has 1 amide bonds. The van der Waals surface area contributed by atoms with Crippen LogP contribution in [0.25, 0.3) is 11.2 Å². The number of rotatable bonds is 6. The van der Waals surface area contributed by atoms with Gasteiger partial charge in [0.25, 0.3) is 5.56 Å². The molecule has 1 fully saturated rings. The van der Waals surface area contributed by atoms with Gasteiger partial charge in [-0.15, -0.1) is 0 Å². The first-order valence-electron chi connectivity index (χ1n) is 12.2. The minimum absolute atomic E-state index is 0.106. The maximum atomic E-state index is 13.2. The number of aromatic nitrogens is 4. The SMILES string of the molecule is Cn1c(=O)c2c(nc(N3CCN(CC(=O)Nc4ccc(Cl)cc4)CC3)n2Cc2ccccc2Cl)n(C)c1=O. The van der Waals surface area contributed by atoms with Crippen LogP contribution in [0.15, 0.2) is 58.1 Å². The van der Waals surface area contributed by atoms with Crippen molar-refractivity contribution in [1.82, 2.24) is 23.6 Å². The number of benzene rings is 2. The number of nitrogens with one attached hydrogen (secondary N) is 1. The number of piperazine rings is 1. The lowest BCUT2D eigenvalue weighted by Crippen LogP contribution is -2.49. The van der Waals surface area contributed by atoms with Crippen molar-refractivity contribution in [1.29, 1.82) is 0 Å². The molecule has 5 rings (SSSR count). The Bertz CT molecular complexity index is 1620. The van der Waals surface area contributed by atoms with Gasteiger partial charge in [0.1, 0.15) is 0 Å². The van der Waals surface area contributed by atoms with Crippen LogP contribution in [0.2, 0.25) is 10.0 Å². The first kappa shape index (κ1) is 26.0. The summed E-state index contributed by atoms with van der Waals surface area (Å²) in [5, 5.41) is 4.08. The van der Waals surface area contributed by atoms with Gasteiger partial charge in [0.2, 0.25) is 11.9 Å². The Morgan fingerprint density at radius 2 is 1.63 bits per heavy atom. The second kappa shape index (κ2) is 10.6. The largest absolute Gasteiger partial charge is 0.340 e. The summed E-state index contributed by atoms with van der Waals surface area (Å²) in [5.41, 5.74) is 1.35. The predicted molar refractivity (Wildman–Crippen MR) is 150 cm³/mol. The van der Waals surface area contributed by atoms with Crippen LogP contribution in [0.4, 0.5) is 11.6 Å². The summed E-state index contributed by atoms with van der Waals surface area (Å²) < 4.78 is 4.32. The van der Waals surface area contributed by atoms with E-state index in [1.165, 1.54) is 11.6 Å². The van der Waals surface area contributed by atoms with Gasteiger partial charge in [0, 0.05) is 56.0 Å². The van der Waals surface area contributed by atoms with Crippen LogP contribution >= 0.6 is 23.2 Å². The molecule has 4 aromatic rings. The van der Waals surface area contributed by atoms with Gasteiger partial charge in [-0.3, -0.25) is 28.2 Å². The number of imidazole rings is 1. The normalized spacial score (nSPS) is 14.3. The summed E-state index contributed by atoms with van der Waals surface area (Å²) in [6.45, 7) is 3.01. The smallest absolute Gasteiger partial charge is 0.332 e. The third-order valence-corrected chi connectivity index (χ3v) is 7.39. The molecule has 3 heterocycles. The Balaban J connectivity index is 1.39. The van der Waals surface area contributed by atoms with E-state index >= 15 is 0 Å². The number of carbonyl (C=O) groups is 1. The van der Waals surface area contributed by atoms with Gasteiger partial charge in [0.05, 0.1) is 13.1 Å². The van der Waals surface area contributed by atoms with Crippen LogP contribution in [0.3, 0.4) is 0 Å². The Morgan fingerprint density at radius 3 is 2.32 bits per heavy atom. The number of carbonyl (C=O) groups excluding carboxylic acids is 1. The molecule has 38 heavy (non-hydrogen) atoms. The Kier molecular flexibility index (Phi) is 7.29. The molecule has 2 aromatic carbocycles. The highest BCUT2D eigenvalue weighted by atomic mass is 35.5. The van der Waals surface area contributed by atoms with Crippen molar-refractivity contribution < 1.29 is 4.79 Å². The summed E-state index contributed by atoms with van der Waals surface area (Å²) in [6, 6.07) is 14.4. The number of amides is 1. The lowest BCUT2D eigenvalue weighted by molar-refractivity contribution is -0.117. The van der Waals surface area contributed by atoms with Crippen molar-refractivity contribution in [3.05, 3.63) is 85.0 Å². The van der Waals surface area contributed by atoms with Crippen molar-refractivity contribution >= 4 is 51.9 Å². The first-order chi connectivity index (χ1) is 18.2. The number of halogens is 2. The number of aryl methyl sites for hydroxylation is 1. The number of hydrogen-bond donors (Lipinski definition) is 1. The van der Waals surface area contributed by atoms with Crippen LogP contribution < -0.4 is 21.5 Å². The van der Waals surface area contributed by atoms with E-state index in [-0.39, 0.29) is 12.5 Å². The highest BCUT2D eigenvalue weighted by Crippen LogP contribution is 2.25. The van der Waals surface area contributed by atoms with E-state index in [1.807, 2.05) is 22.8 Å². The van der Waals surface area contributed by atoms with Gasteiger partial charge in [-0.05, 0) is 35.9 Å². The van der Waals surface area contributed by atoms with Crippen molar-refractivity contribution in [2.45, 2.75) is 6.54 Å². The Morgan fingerprint density at radius 1 is 0.947 bits per heavy atom. The van der Waals surface area contributed by atoms with Crippen LogP contribution in [0.5, 0.6) is 0 Å². The fourth-order valence-corrected chi connectivity index (χ4v) is 4.99. The molecule has 198 valence electrons. The van der Waals surface area contributed by atoms with Gasteiger partial charge in [-0.2, -0.15) is 4.98 Å². The van der Waals surface area contributed by atoms with E-state index in [9.17, 15) is 14.4 Å². The predicted octanol–water partition coefficient (Wildman–Crippen LogP) is 2.55. The average Bonchev–Trinajstić information content (AvgIpc) is 3.28. The van der Waals surface area contributed by atoms with Crippen LogP contribution in [-0.2, 0) is 25.4 Å². The quantitative estimate of drug-likeness (QED) is 0.392. The molecule has 0 atom stereocenters. The average molecular weight is 556 g/mol. The van der Waals surface area contributed by atoms with Crippen LogP contribution in [0.1, 0.15) is 5.56 Å². The molecule has 0 aliphatic carbocycles. The summed E-state index contributed by atoms with van der Waals surface area (Å²) in [6.07, 6.45) is 0. The zero-order valence-corrected chi connectivity index (χ0v) is 22.5. The fraction of sp³-hybridized carbons (Fsp3) is 0.308. The molecule has 12 heteroatoms. The third-order valence-electron chi connectivity index (χ3n) is 6.76. The summed E-state index contributed by atoms with van der Waals surface area (Å²) in [4.78, 5) is 47.3. The molecule has 2 aromatic heterocycles. The van der Waals surface area contributed by atoms with E-state index in [1.54, 1.807) is 37.4 Å². The molecule has 0 spiro atoms. The van der Waals surface area contributed by atoms with Crippen LogP contribution in [-0.4, -0.2) is 62.2 Å². The van der Waals surface area contributed by atoms with E-state index in [4.69, 9.17) is 28.2 Å². The fourth-order valence-electron chi connectivity index (χ4n) is 4.67. The molecule has 1 saturated heterocycles. The van der Waals surface area contributed by atoms with Crippen molar-refractivity contribution in [2.24, 2.45) is 14.1 Å². The molecule has 10 nitrogen and oxygen atoms in total. The maximum absolute atomic E-state index is 13.2. The number of anilines is 2. The first-order valence-corrected chi connectivity index (χ1v) is 12.9. The zero-order valence-electron chi connectivity index (χ0n) is 21.0. The molecular formula is C26H27Cl2N7O3. The summed E-state index contributed by atoms with van der Waals surface area (Å²) in [5.74, 6) is 0.480. The van der Waals surface area contributed by atoms with Crippen molar-refractivity contribution in [3.8, 4) is 0 Å². The highest BCUT2D eigenvalue weighted by molar-refractivity contribution is 6.31. The van der Waals surface area contributed by atoms with Crippen molar-refractivity contribution in [2.75, 3.05) is 42.9 Å². The molecule has 0 bridgehead atoms. The molecule has 0 unspecified atom stereocenters. The second-order valence-corrected chi connectivity index (χ2v) is 10.1. The summed E-state index contributed by atoms with van der Waals surface area (Å²) >= 11 is 12.4. The Hall–Kier alpha value is -3.60. The van der Waals surface area contributed by atoms with Gasteiger partial charge < -0.3 is 10.2 Å². The van der Waals surface area contributed by atoms with Gasteiger partial charge in [0.15, 0.2) is 11.2 Å².